The van der Waals surface area contributed by atoms with E-state index in [0.717, 1.165) is 37.0 Å². The van der Waals surface area contributed by atoms with Crippen LogP contribution < -0.4 is 0 Å². The summed E-state index contributed by atoms with van der Waals surface area (Å²) in [7, 11) is 0. The predicted octanol–water partition coefficient (Wildman–Crippen LogP) is 7.44. The van der Waals surface area contributed by atoms with E-state index in [9.17, 15) is 8.78 Å². The molecule has 2 saturated carbocycles. The molecular formula is C25H32F2. The Balaban J connectivity index is 1.37. The molecule has 0 N–H and O–H groups in total. The molecule has 0 amide bonds. The van der Waals surface area contributed by atoms with Gasteiger partial charge in [-0.05, 0) is 117 Å². The molecule has 1 aromatic rings. The van der Waals surface area contributed by atoms with Crippen molar-refractivity contribution >= 4 is 6.08 Å². The molecule has 5 atom stereocenters. The van der Waals surface area contributed by atoms with E-state index in [1.165, 1.54) is 50.2 Å². The van der Waals surface area contributed by atoms with Crippen molar-refractivity contribution in [2.45, 2.75) is 64.7 Å². The van der Waals surface area contributed by atoms with Gasteiger partial charge in [0.1, 0.15) is 0 Å². The lowest BCUT2D eigenvalue weighted by molar-refractivity contribution is 0.0803. The first-order chi connectivity index (χ1) is 13.1. The van der Waals surface area contributed by atoms with E-state index in [2.05, 4.69) is 37.3 Å². The zero-order valence-electron chi connectivity index (χ0n) is 16.5. The van der Waals surface area contributed by atoms with Crippen LogP contribution in [0.5, 0.6) is 0 Å². The van der Waals surface area contributed by atoms with Crippen molar-refractivity contribution in [3.05, 3.63) is 53.1 Å². The van der Waals surface area contributed by atoms with Gasteiger partial charge in [0.2, 0.25) is 0 Å². The highest BCUT2D eigenvalue weighted by Crippen LogP contribution is 2.48. The summed E-state index contributed by atoms with van der Waals surface area (Å²) in [6.45, 7) is 2.07. The van der Waals surface area contributed by atoms with Gasteiger partial charge in [-0.15, -0.1) is 0 Å². The van der Waals surface area contributed by atoms with Crippen molar-refractivity contribution in [1.82, 2.24) is 0 Å². The second kappa shape index (κ2) is 8.29. The summed E-state index contributed by atoms with van der Waals surface area (Å²) < 4.78 is 25.2. The fourth-order valence-electron chi connectivity index (χ4n) is 6.22. The number of hydrogen-bond donors (Lipinski definition) is 0. The Morgan fingerprint density at radius 2 is 1.63 bits per heavy atom. The Kier molecular flexibility index (Phi) is 5.80. The summed E-state index contributed by atoms with van der Waals surface area (Å²) in [6.07, 6.45) is 14.9. The average Bonchev–Trinajstić information content (AvgIpc) is 2.67. The fraction of sp³-hybridized carbons (Fsp3) is 0.600. The minimum Gasteiger partial charge on any atom is -0.174 e. The van der Waals surface area contributed by atoms with Crippen molar-refractivity contribution in [2.75, 3.05) is 0 Å². The molecule has 4 rings (SSSR count). The number of allylic oxidation sites excluding steroid dienone is 2. The monoisotopic (exact) mass is 370 g/mol. The topological polar surface area (TPSA) is 0 Å². The lowest BCUT2D eigenvalue weighted by atomic mass is 9.61. The molecule has 0 bridgehead atoms. The van der Waals surface area contributed by atoms with Crippen LogP contribution in [0.4, 0.5) is 8.78 Å². The van der Waals surface area contributed by atoms with E-state index in [1.807, 2.05) is 0 Å². The van der Waals surface area contributed by atoms with Gasteiger partial charge in [0.05, 0.1) is 0 Å². The van der Waals surface area contributed by atoms with Gasteiger partial charge in [-0.2, -0.15) is 8.78 Å². The molecule has 1 aromatic carbocycles. The minimum atomic E-state index is -1.48. The van der Waals surface area contributed by atoms with Crippen molar-refractivity contribution in [1.29, 1.82) is 0 Å². The van der Waals surface area contributed by atoms with E-state index >= 15 is 0 Å². The van der Waals surface area contributed by atoms with Gasteiger partial charge in [-0.3, -0.25) is 0 Å². The van der Waals surface area contributed by atoms with Gasteiger partial charge in [0.25, 0.3) is 6.08 Å². The maximum absolute atomic E-state index is 12.6. The Labute approximate surface area is 162 Å². The summed E-state index contributed by atoms with van der Waals surface area (Å²) in [6, 6.07) is 6.99. The molecule has 0 nitrogen and oxygen atoms in total. The number of fused-ring (bicyclic) bond motifs is 2. The van der Waals surface area contributed by atoms with Crippen LogP contribution >= 0.6 is 0 Å². The summed E-state index contributed by atoms with van der Waals surface area (Å²) in [5, 5.41) is 0. The van der Waals surface area contributed by atoms with Gasteiger partial charge in [-0.1, -0.05) is 30.4 Å². The van der Waals surface area contributed by atoms with E-state index in [1.54, 1.807) is 11.1 Å². The van der Waals surface area contributed by atoms with Crippen LogP contribution in [0.3, 0.4) is 0 Å². The third-order valence-corrected chi connectivity index (χ3v) is 7.58. The fourth-order valence-corrected chi connectivity index (χ4v) is 6.22. The number of hydrogen-bond acceptors (Lipinski definition) is 0. The van der Waals surface area contributed by atoms with Crippen LogP contribution in [0.1, 0.15) is 68.6 Å². The van der Waals surface area contributed by atoms with E-state index in [0.29, 0.717) is 5.92 Å². The molecule has 2 heteroatoms. The average molecular weight is 371 g/mol. The number of aryl methyl sites for hydroxylation is 1. The second-order valence-corrected chi connectivity index (χ2v) is 9.15. The highest BCUT2D eigenvalue weighted by Gasteiger charge is 2.38. The lowest BCUT2D eigenvalue weighted by Gasteiger charge is -2.44. The van der Waals surface area contributed by atoms with Crippen LogP contribution in [0.15, 0.2) is 36.4 Å². The summed E-state index contributed by atoms with van der Waals surface area (Å²) in [4.78, 5) is 0. The lowest BCUT2D eigenvalue weighted by Crippen LogP contribution is -2.34. The number of halogens is 2. The third kappa shape index (κ3) is 4.36. The first kappa shape index (κ1) is 18.9. The van der Waals surface area contributed by atoms with E-state index in [4.69, 9.17) is 0 Å². The molecule has 0 spiro atoms. The first-order valence-corrected chi connectivity index (χ1v) is 10.9. The maximum atomic E-state index is 12.6. The zero-order chi connectivity index (χ0) is 18.8. The van der Waals surface area contributed by atoms with Gasteiger partial charge in [0.15, 0.2) is 0 Å². The van der Waals surface area contributed by atoms with Crippen molar-refractivity contribution < 1.29 is 8.78 Å². The third-order valence-electron chi connectivity index (χ3n) is 7.58. The van der Waals surface area contributed by atoms with Gasteiger partial charge in [0, 0.05) is 0 Å². The Morgan fingerprint density at radius 1 is 0.889 bits per heavy atom. The smallest absolute Gasteiger partial charge is 0.174 e. The van der Waals surface area contributed by atoms with Crippen LogP contribution in [0.25, 0.3) is 6.08 Å². The summed E-state index contributed by atoms with van der Waals surface area (Å²) in [5.74, 6) is 3.27. The predicted molar refractivity (Wildman–Crippen MR) is 109 cm³/mol. The summed E-state index contributed by atoms with van der Waals surface area (Å²) >= 11 is 0. The SMILES string of the molecule is C/C=C/c1ccc2c(c1)CCC(C1CCC3CC(C=C(F)F)CCC3C1)C2. The van der Waals surface area contributed by atoms with Gasteiger partial charge >= 0.3 is 0 Å². The maximum Gasteiger partial charge on any atom is 0.266 e. The van der Waals surface area contributed by atoms with Crippen molar-refractivity contribution in [3.8, 4) is 0 Å². The van der Waals surface area contributed by atoms with E-state index in [-0.39, 0.29) is 5.92 Å². The van der Waals surface area contributed by atoms with Crippen LogP contribution in [-0.4, -0.2) is 0 Å². The molecule has 0 heterocycles. The molecule has 0 saturated heterocycles. The van der Waals surface area contributed by atoms with Crippen LogP contribution in [0, 0.1) is 29.6 Å². The molecule has 0 radical (unpaired) electrons. The quantitative estimate of drug-likeness (QED) is 0.519. The van der Waals surface area contributed by atoms with Crippen LogP contribution in [-0.2, 0) is 12.8 Å². The van der Waals surface area contributed by atoms with E-state index < -0.39 is 6.08 Å². The normalized spacial score (nSPS) is 33.4. The molecule has 146 valence electrons. The van der Waals surface area contributed by atoms with Gasteiger partial charge in [-0.25, -0.2) is 0 Å². The molecule has 27 heavy (non-hydrogen) atoms. The molecule has 0 aromatic heterocycles. The van der Waals surface area contributed by atoms with Gasteiger partial charge < -0.3 is 0 Å². The highest BCUT2D eigenvalue weighted by molar-refractivity contribution is 5.52. The molecule has 3 aliphatic carbocycles. The highest BCUT2D eigenvalue weighted by atomic mass is 19.3. The first-order valence-electron chi connectivity index (χ1n) is 10.9. The van der Waals surface area contributed by atoms with Crippen molar-refractivity contribution in [3.63, 3.8) is 0 Å². The molecule has 3 aliphatic rings. The molecule has 2 fully saturated rings. The Bertz CT molecular complexity index is 713. The van der Waals surface area contributed by atoms with Crippen LogP contribution in [0.2, 0.25) is 0 Å². The molecule has 0 aliphatic heterocycles. The molecule has 5 unspecified atom stereocenters. The Hall–Kier alpha value is -1.44. The minimum absolute atomic E-state index is 0.126. The Morgan fingerprint density at radius 3 is 2.41 bits per heavy atom. The molecular weight excluding hydrogens is 338 g/mol. The zero-order valence-corrected chi connectivity index (χ0v) is 16.5. The second-order valence-electron chi connectivity index (χ2n) is 9.15. The summed E-state index contributed by atoms with van der Waals surface area (Å²) in [5.41, 5.74) is 4.44. The largest absolute Gasteiger partial charge is 0.266 e. The van der Waals surface area contributed by atoms with Crippen molar-refractivity contribution in [2.24, 2.45) is 29.6 Å². The number of benzene rings is 1. The standard InChI is InChI=1S/C25H32F2/c1-2-3-17-4-6-21-15-23(10-8-19(21)12-17)24-11-9-20-13-18(14-25(26)27)5-7-22(20)16-24/h2-4,6,12,14,18,20,22-24H,5,7-11,13,15-16H2,1H3/b3-2+. The number of rotatable bonds is 3.